The summed E-state index contributed by atoms with van der Waals surface area (Å²) >= 11 is 5.67. The molecule has 8 nitrogen and oxygen atoms in total. The smallest absolute Gasteiger partial charge is 0.312 e. The van der Waals surface area contributed by atoms with Gasteiger partial charge in [0.25, 0.3) is 5.91 Å². The molecule has 0 aliphatic carbocycles. The van der Waals surface area contributed by atoms with Gasteiger partial charge in [-0.15, -0.1) is 0 Å². The Balaban J connectivity index is 2.69. The van der Waals surface area contributed by atoms with E-state index in [9.17, 15) is 19.7 Å². The molecule has 1 aromatic rings. The standard InChI is InChI=1S/C12H14ClN3O5/c1-14-11(17)6-15(2)12(18)7-21-10-4-3-8(13)5-9(10)16(19)20/h3-5H,6-7H2,1-2H3,(H,14,17). The molecule has 0 heterocycles. The fourth-order valence-corrected chi connectivity index (χ4v) is 1.55. The van der Waals surface area contributed by atoms with E-state index in [1.165, 1.54) is 26.2 Å². The number of carbonyl (C=O) groups excluding carboxylic acids is 2. The third-order valence-corrected chi connectivity index (χ3v) is 2.79. The van der Waals surface area contributed by atoms with Crippen LogP contribution in [-0.4, -0.2) is 48.9 Å². The van der Waals surface area contributed by atoms with E-state index in [1.807, 2.05) is 0 Å². The normalized spacial score (nSPS) is 9.86. The summed E-state index contributed by atoms with van der Waals surface area (Å²) in [5.41, 5.74) is -0.329. The highest BCUT2D eigenvalue weighted by Gasteiger charge is 2.18. The van der Waals surface area contributed by atoms with Crippen LogP contribution in [0.5, 0.6) is 5.75 Å². The topological polar surface area (TPSA) is 102 Å². The number of rotatable bonds is 6. The average Bonchev–Trinajstić information content (AvgIpc) is 2.45. The molecule has 1 rings (SSSR count). The molecule has 0 fully saturated rings. The Bertz CT molecular complexity index is 564. The number of benzene rings is 1. The van der Waals surface area contributed by atoms with Gasteiger partial charge in [0.1, 0.15) is 0 Å². The van der Waals surface area contributed by atoms with Crippen molar-refractivity contribution in [1.82, 2.24) is 10.2 Å². The van der Waals surface area contributed by atoms with Crippen LogP contribution in [0.2, 0.25) is 5.02 Å². The Kier molecular flexibility index (Phi) is 5.92. The molecule has 9 heteroatoms. The maximum absolute atomic E-state index is 11.7. The van der Waals surface area contributed by atoms with Crippen LogP contribution in [0.3, 0.4) is 0 Å². The van der Waals surface area contributed by atoms with Crippen molar-refractivity contribution in [2.24, 2.45) is 0 Å². The first kappa shape index (κ1) is 16.7. The van der Waals surface area contributed by atoms with Crippen LogP contribution in [0, 0.1) is 10.1 Å². The van der Waals surface area contributed by atoms with Gasteiger partial charge in [-0.3, -0.25) is 19.7 Å². The molecular formula is C12H14ClN3O5. The van der Waals surface area contributed by atoms with Crippen LogP contribution in [0.15, 0.2) is 18.2 Å². The molecule has 0 atom stereocenters. The van der Waals surface area contributed by atoms with Crippen molar-refractivity contribution in [3.05, 3.63) is 33.3 Å². The van der Waals surface area contributed by atoms with Gasteiger partial charge in [-0.2, -0.15) is 0 Å². The van der Waals surface area contributed by atoms with E-state index in [0.29, 0.717) is 0 Å². The van der Waals surface area contributed by atoms with Gasteiger partial charge in [-0.1, -0.05) is 11.6 Å². The van der Waals surface area contributed by atoms with Crippen LogP contribution in [-0.2, 0) is 9.59 Å². The number of nitrogens with zero attached hydrogens (tertiary/aromatic N) is 2. The lowest BCUT2D eigenvalue weighted by atomic mass is 10.3. The van der Waals surface area contributed by atoms with Crippen LogP contribution in [0.25, 0.3) is 0 Å². The lowest BCUT2D eigenvalue weighted by molar-refractivity contribution is -0.385. The van der Waals surface area contributed by atoms with Crippen LogP contribution >= 0.6 is 11.6 Å². The number of hydrogen-bond acceptors (Lipinski definition) is 5. The van der Waals surface area contributed by atoms with Crippen molar-refractivity contribution in [3.8, 4) is 5.75 Å². The minimum absolute atomic E-state index is 0.0638. The molecule has 1 aromatic carbocycles. The van der Waals surface area contributed by atoms with Gasteiger partial charge in [-0.05, 0) is 12.1 Å². The Morgan fingerprint density at radius 2 is 2.14 bits per heavy atom. The Morgan fingerprint density at radius 3 is 2.71 bits per heavy atom. The Morgan fingerprint density at radius 1 is 1.48 bits per heavy atom. The zero-order valence-electron chi connectivity index (χ0n) is 11.5. The molecule has 0 spiro atoms. The van der Waals surface area contributed by atoms with Crippen LogP contribution < -0.4 is 10.1 Å². The number of amides is 2. The quantitative estimate of drug-likeness (QED) is 0.619. The second-order valence-electron chi connectivity index (χ2n) is 4.08. The average molecular weight is 316 g/mol. The van der Waals surface area contributed by atoms with Crippen LogP contribution in [0.1, 0.15) is 0 Å². The van der Waals surface area contributed by atoms with E-state index >= 15 is 0 Å². The molecular weight excluding hydrogens is 302 g/mol. The number of hydrogen-bond donors (Lipinski definition) is 1. The summed E-state index contributed by atoms with van der Waals surface area (Å²) in [5, 5.41) is 13.4. The SMILES string of the molecule is CNC(=O)CN(C)C(=O)COc1ccc(Cl)cc1[N+](=O)[O-]. The van der Waals surface area contributed by atoms with E-state index in [1.54, 1.807) is 0 Å². The van der Waals surface area contributed by atoms with E-state index < -0.39 is 17.4 Å². The van der Waals surface area contributed by atoms with E-state index in [0.717, 1.165) is 11.0 Å². The lowest BCUT2D eigenvalue weighted by Gasteiger charge is -2.16. The molecule has 0 unspecified atom stereocenters. The third kappa shape index (κ3) is 4.92. The van der Waals surface area contributed by atoms with Crippen molar-refractivity contribution < 1.29 is 19.2 Å². The summed E-state index contributed by atoms with van der Waals surface area (Å²) in [7, 11) is 2.88. The zero-order chi connectivity index (χ0) is 16.0. The molecule has 0 aromatic heterocycles. The molecule has 0 bridgehead atoms. The van der Waals surface area contributed by atoms with Crippen molar-refractivity contribution in [3.63, 3.8) is 0 Å². The molecule has 0 aliphatic heterocycles. The van der Waals surface area contributed by atoms with Gasteiger partial charge in [0.15, 0.2) is 12.4 Å². The summed E-state index contributed by atoms with van der Waals surface area (Å²) in [6, 6.07) is 3.87. The summed E-state index contributed by atoms with van der Waals surface area (Å²) in [4.78, 5) is 34.2. The summed E-state index contributed by atoms with van der Waals surface area (Å²) in [6.45, 7) is -0.544. The van der Waals surface area contributed by atoms with E-state index in [-0.39, 0.29) is 28.9 Å². The fraction of sp³-hybridized carbons (Fsp3) is 0.333. The van der Waals surface area contributed by atoms with Crippen molar-refractivity contribution in [1.29, 1.82) is 0 Å². The van der Waals surface area contributed by atoms with Gasteiger partial charge in [-0.25, -0.2) is 0 Å². The predicted octanol–water partition coefficient (Wildman–Crippen LogP) is 0.831. The van der Waals surface area contributed by atoms with Gasteiger partial charge >= 0.3 is 5.69 Å². The molecule has 114 valence electrons. The minimum atomic E-state index is -0.653. The number of likely N-dealkylation sites (N-methyl/N-ethyl adjacent to an activating group) is 2. The Labute approximate surface area is 125 Å². The Hall–Kier alpha value is -2.35. The molecule has 0 saturated carbocycles. The highest BCUT2D eigenvalue weighted by molar-refractivity contribution is 6.30. The number of ether oxygens (including phenoxy) is 1. The first-order valence-corrected chi connectivity index (χ1v) is 6.24. The maximum atomic E-state index is 11.7. The highest BCUT2D eigenvalue weighted by atomic mass is 35.5. The number of nitro groups is 1. The zero-order valence-corrected chi connectivity index (χ0v) is 12.2. The first-order valence-electron chi connectivity index (χ1n) is 5.86. The lowest BCUT2D eigenvalue weighted by Crippen LogP contribution is -2.39. The molecule has 1 N–H and O–H groups in total. The summed E-state index contributed by atoms with van der Waals surface area (Å²) < 4.78 is 5.13. The molecule has 0 radical (unpaired) electrons. The second kappa shape index (κ2) is 7.44. The highest BCUT2D eigenvalue weighted by Crippen LogP contribution is 2.29. The molecule has 0 aliphatic rings. The molecule has 21 heavy (non-hydrogen) atoms. The number of nitrogens with one attached hydrogen (secondary N) is 1. The van der Waals surface area contributed by atoms with E-state index in [2.05, 4.69) is 5.32 Å². The summed E-state index contributed by atoms with van der Waals surface area (Å²) in [6.07, 6.45) is 0. The van der Waals surface area contributed by atoms with Crippen LogP contribution in [0.4, 0.5) is 5.69 Å². The van der Waals surface area contributed by atoms with E-state index in [4.69, 9.17) is 16.3 Å². The minimum Gasteiger partial charge on any atom is -0.477 e. The first-order chi connectivity index (χ1) is 9.85. The van der Waals surface area contributed by atoms with Gasteiger partial charge in [0.2, 0.25) is 5.91 Å². The number of nitro benzene ring substituents is 1. The molecule has 0 saturated heterocycles. The van der Waals surface area contributed by atoms with Crippen molar-refractivity contribution in [2.75, 3.05) is 27.2 Å². The maximum Gasteiger partial charge on any atom is 0.312 e. The van der Waals surface area contributed by atoms with Crippen molar-refractivity contribution in [2.45, 2.75) is 0 Å². The van der Waals surface area contributed by atoms with Gasteiger partial charge < -0.3 is 15.0 Å². The number of carbonyl (C=O) groups is 2. The fourth-order valence-electron chi connectivity index (χ4n) is 1.39. The third-order valence-electron chi connectivity index (χ3n) is 2.55. The number of halogens is 1. The second-order valence-corrected chi connectivity index (χ2v) is 4.52. The van der Waals surface area contributed by atoms with Gasteiger partial charge in [0.05, 0.1) is 11.5 Å². The largest absolute Gasteiger partial charge is 0.477 e. The summed E-state index contributed by atoms with van der Waals surface area (Å²) in [5.74, 6) is -0.878. The monoisotopic (exact) mass is 315 g/mol. The van der Waals surface area contributed by atoms with Crippen molar-refractivity contribution >= 4 is 29.1 Å². The molecule has 2 amide bonds. The predicted molar refractivity (Wildman–Crippen MR) is 75.3 cm³/mol. The van der Waals surface area contributed by atoms with Gasteiger partial charge in [0, 0.05) is 25.2 Å².